The van der Waals surface area contributed by atoms with E-state index in [1.807, 2.05) is 0 Å². The van der Waals surface area contributed by atoms with Crippen molar-refractivity contribution in [2.75, 3.05) is 0 Å². The SMILES string of the molecule is CC(C)(C)CCC(O)c1cnns1. The van der Waals surface area contributed by atoms with Crippen molar-refractivity contribution >= 4 is 11.5 Å². The van der Waals surface area contributed by atoms with Crippen LogP contribution in [0.3, 0.4) is 0 Å². The summed E-state index contributed by atoms with van der Waals surface area (Å²) in [5.41, 5.74) is 0.277. The van der Waals surface area contributed by atoms with Gasteiger partial charge >= 0.3 is 0 Å². The highest BCUT2D eigenvalue weighted by atomic mass is 32.1. The van der Waals surface area contributed by atoms with Crippen LogP contribution in [0.5, 0.6) is 0 Å². The van der Waals surface area contributed by atoms with Crippen molar-refractivity contribution < 1.29 is 5.11 Å². The van der Waals surface area contributed by atoms with Gasteiger partial charge in [-0.15, -0.1) is 5.10 Å². The molecule has 1 N–H and O–H groups in total. The van der Waals surface area contributed by atoms with Gasteiger partial charge in [-0.05, 0) is 29.8 Å². The van der Waals surface area contributed by atoms with Crippen LogP contribution in [0.2, 0.25) is 0 Å². The van der Waals surface area contributed by atoms with E-state index in [4.69, 9.17) is 0 Å². The van der Waals surface area contributed by atoms with E-state index in [0.717, 1.165) is 17.7 Å². The maximum atomic E-state index is 9.70. The zero-order chi connectivity index (χ0) is 9.90. The molecule has 3 nitrogen and oxygen atoms in total. The molecule has 13 heavy (non-hydrogen) atoms. The van der Waals surface area contributed by atoms with Crippen molar-refractivity contribution in [3.05, 3.63) is 11.1 Å². The third kappa shape index (κ3) is 3.83. The van der Waals surface area contributed by atoms with Gasteiger partial charge in [-0.2, -0.15) is 0 Å². The lowest BCUT2D eigenvalue weighted by Gasteiger charge is -2.19. The normalized spacial score (nSPS) is 14.5. The second kappa shape index (κ2) is 4.15. The van der Waals surface area contributed by atoms with E-state index in [2.05, 4.69) is 30.4 Å². The van der Waals surface area contributed by atoms with Crippen LogP contribution in [-0.2, 0) is 0 Å². The standard InChI is InChI=1S/C9H16N2OS/c1-9(2,3)5-4-7(12)8-6-10-11-13-8/h6-7,12H,4-5H2,1-3H3. The molecule has 0 saturated heterocycles. The number of rotatable bonds is 3. The smallest absolute Gasteiger partial charge is 0.0914 e. The Morgan fingerprint density at radius 3 is 2.69 bits per heavy atom. The van der Waals surface area contributed by atoms with Gasteiger partial charge in [-0.25, -0.2) is 0 Å². The highest BCUT2D eigenvalue weighted by Crippen LogP contribution is 2.27. The highest BCUT2D eigenvalue weighted by molar-refractivity contribution is 7.05. The van der Waals surface area contributed by atoms with Crippen LogP contribution < -0.4 is 0 Å². The summed E-state index contributed by atoms with van der Waals surface area (Å²) in [6.45, 7) is 6.51. The summed E-state index contributed by atoms with van der Waals surface area (Å²) in [6.07, 6.45) is 3.04. The molecule has 1 aromatic heterocycles. The first-order valence-electron chi connectivity index (χ1n) is 4.44. The van der Waals surface area contributed by atoms with Crippen LogP contribution in [0.25, 0.3) is 0 Å². The third-order valence-electron chi connectivity index (χ3n) is 1.87. The Kier molecular flexibility index (Phi) is 3.39. The third-order valence-corrected chi connectivity index (χ3v) is 2.64. The van der Waals surface area contributed by atoms with E-state index in [-0.39, 0.29) is 11.5 Å². The van der Waals surface area contributed by atoms with Gasteiger partial charge in [0.05, 0.1) is 17.2 Å². The molecule has 0 aliphatic carbocycles. The Morgan fingerprint density at radius 1 is 1.54 bits per heavy atom. The number of aromatic nitrogens is 2. The molecule has 1 atom stereocenters. The second-order valence-electron chi connectivity index (χ2n) is 4.44. The Balaban J connectivity index is 2.39. The fourth-order valence-electron chi connectivity index (χ4n) is 1.03. The van der Waals surface area contributed by atoms with Gasteiger partial charge < -0.3 is 5.11 Å². The van der Waals surface area contributed by atoms with Gasteiger partial charge in [0.1, 0.15) is 0 Å². The lowest BCUT2D eigenvalue weighted by atomic mass is 9.89. The quantitative estimate of drug-likeness (QED) is 0.815. The lowest BCUT2D eigenvalue weighted by Crippen LogP contribution is -2.07. The fourth-order valence-corrected chi connectivity index (χ4v) is 1.56. The van der Waals surface area contributed by atoms with Gasteiger partial charge in [-0.3, -0.25) is 0 Å². The first-order chi connectivity index (χ1) is 5.99. The first kappa shape index (κ1) is 10.6. The van der Waals surface area contributed by atoms with Gasteiger partial charge in [0.2, 0.25) is 0 Å². The van der Waals surface area contributed by atoms with Crippen LogP contribution >= 0.6 is 11.5 Å². The summed E-state index contributed by atoms with van der Waals surface area (Å²) in [6, 6.07) is 0. The molecular weight excluding hydrogens is 184 g/mol. The largest absolute Gasteiger partial charge is 0.387 e. The molecule has 0 aliphatic rings. The average molecular weight is 200 g/mol. The first-order valence-corrected chi connectivity index (χ1v) is 5.22. The van der Waals surface area contributed by atoms with Crippen molar-refractivity contribution in [1.82, 2.24) is 9.59 Å². The van der Waals surface area contributed by atoms with E-state index in [1.165, 1.54) is 11.5 Å². The monoisotopic (exact) mass is 200 g/mol. The van der Waals surface area contributed by atoms with E-state index in [0.29, 0.717) is 0 Å². The summed E-state index contributed by atoms with van der Waals surface area (Å²) in [4.78, 5) is 0.865. The summed E-state index contributed by atoms with van der Waals surface area (Å²) in [5, 5.41) is 13.4. The maximum absolute atomic E-state index is 9.70. The minimum Gasteiger partial charge on any atom is -0.387 e. The molecule has 1 rings (SSSR count). The number of hydrogen-bond acceptors (Lipinski definition) is 4. The number of nitrogens with zero attached hydrogens (tertiary/aromatic N) is 2. The second-order valence-corrected chi connectivity index (χ2v) is 5.25. The zero-order valence-electron chi connectivity index (χ0n) is 8.32. The molecule has 0 saturated carbocycles. The Bertz CT molecular complexity index is 241. The summed E-state index contributed by atoms with van der Waals surface area (Å²) in [7, 11) is 0. The molecule has 0 aromatic carbocycles. The Hall–Kier alpha value is -0.480. The number of hydrogen-bond donors (Lipinski definition) is 1. The van der Waals surface area contributed by atoms with Crippen LogP contribution in [0.4, 0.5) is 0 Å². The lowest BCUT2D eigenvalue weighted by molar-refractivity contribution is 0.151. The molecule has 1 unspecified atom stereocenters. The molecule has 1 heterocycles. The fraction of sp³-hybridized carbons (Fsp3) is 0.778. The molecule has 0 bridgehead atoms. The van der Waals surface area contributed by atoms with Crippen molar-refractivity contribution in [2.45, 2.75) is 39.7 Å². The maximum Gasteiger partial charge on any atom is 0.0914 e. The van der Waals surface area contributed by atoms with E-state index in [9.17, 15) is 5.11 Å². The van der Waals surface area contributed by atoms with Crippen LogP contribution in [0, 0.1) is 5.41 Å². The minimum atomic E-state index is -0.390. The van der Waals surface area contributed by atoms with E-state index in [1.54, 1.807) is 6.20 Å². The Morgan fingerprint density at radius 2 is 2.23 bits per heavy atom. The molecule has 4 heteroatoms. The summed E-state index contributed by atoms with van der Waals surface area (Å²) < 4.78 is 3.72. The minimum absolute atomic E-state index is 0.277. The molecule has 0 radical (unpaired) electrons. The molecule has 1 aromatic rings. The van der Waals surface area contributed by atoms with Crippen molar-refractivity contribution in [2.24, 2.45) is 5.41 Å². The molecule has 0 aliphatic heterocycles. The van der Waals surface area contributed by atoms with E-state index < -0.39 is 0 Å². The van der Waals surface area contributed by atoms with Gasteiger partial charge in [0, 0.05) is 0 Å². The predicted molar refractivity (Wildman–Crippen MR) is 53.6 cm³/mol. The predicted octanol–water partition coefficient (Wildman–Crippen LogP) is 2.40. The van der Waals surface area contributed by atoms with Crippen molar-refractivity contribution in [3.63, 3.8) is 0 Å². The van der Waals surface area contributed by atoms with Crippen molar-refractivity contribution in [3.8, 4) is 0 Å². The highest BCUT2D eigenvalue weighted by Gasteiger charge is 2.15. The molecule has 0 fully saturated rings. The Labute approximate surface area is 83.0 Å². The molecule has 0 spiro atoms. The van der Waals surface area contributed by atoms with Gasteiger partial charge in [-0.1, -0.05) is 25.3 Å². The van der Waals surface area contributed by atoms with Gasteiger partial charge in [0.25, 0.3) is 0 Å². The van der Waals surface area contributed by atoms with Crippen molar-refractivity contribution in [1.29, 1.82) is 0 Å². The summed E-state index contributed by atoms with van der Waals surface area (Å²) >= 11 is 1.27. The topological polar surface area (TPSA) is 46.0 Å². The molecular formula is C9H16N2OS. The molecule has 74 valence electrons. The zero-order valence-corrected chi connectivity index (χ0v) is 9.14. The average Bonchev–Trinajstić information content (AvgIpc) is 2.50. The number of aliphatic hydroxyl groups excluding tert-OH is 1. The van der Waals surface area contributed by atoms with Crippen LogP contribution in [0.1, 0.15) is 44.6 Å². The van der Waals surface area contributed by atoms with Gasteiger partial charge in [0.15, 0.2) is 0 Å². The van der Waals surface area contributed by atoms with Crippen LogP contribution in [-0.4, -0.2) is 14.7 Å². The van der Waals surface area contributed by atoms with E-state index >= 15 is 0 Å². The molecule has 0 amide bonds. The number of aliphatic hydroxyl groups is 1. The summed E-state index contributed by atoms with van der Waals surface area (Å²) in [5.74, 6) is 0. The van der Waals surface area contributed by atoms with Crippen LogP contribution in [0.15, 0.2) is 6.20 Å².